The summed E-state index contributed by atoms with van der Waals surface area (Å²) in [5.41, 5.74) is -1.56. The lowest BCUT2D eigenvalue weighted by atomic mass is 9.97. The number of rotatable bonds is 6. The highest BCUT2D eigenvalue weighted by atomic mass is 19.4. The van der Waals surface area contributed by atoms with Gasteiger partial charge < -0.3 is 15.4 Å². The van der Waals surface area contributed by atoms with Gasteiger partial charge in [-0.1, -0.05) is 6.92 Å². The van der Waals surface area contributed by atoms with Crippen LogP contribution in [0.25, 0.3) is 16.9 Å². The maximum Gasteiger partial charge on any atom is 0.422 e. The van der Waals surface area contributed by atoms with Gasteiger partial charge >= 0.3 is 12.4 Å². The molecule has 15 heteroatoms. The SMILES string of the molecule is C[C@H]1C(=O)NCC1C(=O)Nc1cc(-c2cc(F)cc(OCC(F)(F)F)c2)n(-c2cncc(C(F)(F)F)c2)n1. The quantitative estimate of drug-likeness (QED) is 0.449. The first kappa shape index (κ1) is 26.9. The summed E-state index contributed by atoms with van der Waals surface area (Å²) in [6, 6.07) is 4.54. The maximum absolute atomic E-state index is 14.3. The summed E-state index contributed by atoms with van der Waals surface area (Å²) in [4.78, 5) is 28.0. The Kier molecular flexibility index (Phi) is 7.04. The molecule has 1 aliphatic rings. The third-order valence-electron chi connectivity index (χ3n) is 5.68. The Hall–Kier alpha value is -4.17. The maximum atomic E-state index is 14.3. The highest BCUT2D eigenvalue weighted by Gasteiger charge is 2.36. The standard InChI is InChI=1S/C23H18F7N5O3/c1-11-17(9-32-20(11)36)21(37)33-19-6-18(12-2-14(24)5-16(3-12)38-10-22(25,26)27)35(34-19)15-4-13(7-31-8-15)23(28,29)30/h2-8,11,17H,9-10H2,1H3,(H,32,36)(H,33,34,37)/t11-,17?/m1/s1. The number of ether oxygens (including phenoxy) is 1. The van der Waals surface area contributed by atoms with Crippen molar-refractivity contribution in [1.82, 2.24) is 20.1 Å². The summed E-state index contributed by atoms with van der Waals surface area (Å²) in [6.45, 7) is -0.110. The minimum atomic E-state index is -4.76. The number of hydrogen-bond acceptors (Lipinski definition) is 5. The number of anilines is 1. The van der Waals surface area contributed by atoms with E-state index >= 15 is 0 Å². The van der Waals surface area contributed by atoms with Gasteiger partial charge in [-0.05, 0) is 18.2 Å². The Balaban J connectivity index is 1.76. The normalized spacial score (nSPS) is 17.8. The molecular weight excluding hydrogens is 527 g/mol. The van der Waals surface area contributed by atoms with Crippen LogP contribution >= 0.6 is 0 Å². The fraction of sp³-hybridized carbons (Fsp3) is 0.304. The first-order chi connectivity index (χ1) is 17.7. The fourth-order valence-corrected chi connectivity index (χ4v) is 3.77. The molecule has 1 saturated heterocycles. The first-order valence-corrected chi connectivity index (χ1v) is 10.9. The van der Waals surface area contributed by atoms with Gasteiger partial charge in [-0.15, -0.1) is 5.10 Å². The van der Waals surface area contributed by atoms with Gasteiger partial charge in [0.15, 0.2) is 12.4 Å². The summed E-state index contributed by atoms with van der Waals surface area (Å²) >= 11 is 0. The Morgan fingerprint density at radius 2 is 1.87 bits per heavy atom. The van der Waals surface area contributed by atoms with Gasteiger partial charge in [0, 0.05) is 36.4 Å². The number of halogens is 7. The number of nitrogens with zero attached hydrogens (tertiary/aromatic N) is 3. The fourth-order valence-electron chi connectivity index (χ4n) is 3.77. The lowest BCUT2D eigenvalue weighted by Gasteiger charge is -2.13. The van der Waals surface area contributed by atoms with Crippen LogP contribution in [-0.2, 0) is 15.8 Å². The number of amides is 2. The molecule has 1 unspecified atom stereocenters. The number of alkyl halides is 6. The second-order valence-electron chi connectivity index (χ2n) is 8.47. The molecule has 0 radical (unpaired) electrons. The van der Waals surface area contributed by atoms with E-state index in [2.05, 4.69) is 25.5 Å². The molecule has 202 valence electrons. The van der Waals surface area contributed by atoms with E-state index in [1.54, 1.807) is 6.92 Å². The molecule has 38 heavy (non-hydrogen) atoms. The molecule has 0 saturated carbocycles. The van der Waals surface area contributed by atoms with E-state index in [0.717, 1.165) is 23.0 Å². The summed E-state index contributed by atoms with van der Waals surface area (Å²) in [5.74, 6) is -4.02. The van der Waals surface area contributed by atoms with Gasteiger partial charge in [0.25, 0.3) is 0 Å². The average Bonchev–Trinajstić information content (AvgIpc) is 3.40. The van der Waals surface area contributed by atoms with E-state index in [9.17, 15) is 40.3 Å². The Morgan fingerprint density at radius 1 is 1.13 bits per heavy atom. The van der Waals surface area contributed by atoms with Gasteiger partial charge in [0.05, 0.1) is 29.1 Å². The van der Waals surface area contributed by atoms with Crippen LogP contribution in [-0.4, -0.2) is 45.9 Å². The van der Waals surface area contributed by atoms with Gasteiger partial charge in [-0.3, -0.25) is 14.6 Å². The smallest absolute Gasteiger partial charge is 0.422 e. The van der Waals surface area contributed by atoms with Crippen molar-refractivity contribution in [2.45, 2.75) is 19.3 Å². The van der Waals surface area contributed by atoms with Crippen molar-refractivity contribution >= 4 is 17.6 Å². The van der Waals surface area contributed by atoms with Crippen molar-refractivity contribution in [2.24, 2.45) is 11.8 Å². The van der Waals surface area contributed by atoms with Crippen LogP contribution in [0.4, 0.5) is 36.6 Å². The number of carbonyl (C=O) groups excluding carboxylic acids is 2. The molecule has 2 atom stereocenters. The van der Waals surface area contributed by atoms with Gasteiger partial charge in [0.2, 0.25) is 11.8 Å². The van der Waals surface area contributed by atoms with Crippen molar-refractivity contribution in [1.29, 1.82) is 0 Å². The van der Waals surface area contributed by atoms with Crippen LogP contribution in [0.1, 0.15) is 12.5 Å². The molecule has 0 spiro atoms. The number of carbonyl (C=O) groups is 2. The number of aromatic nitrogens is 3. The summed E-state index contributed by atoms with van der Waals surface area (Å²) in [5, 5.41) is 9.12. The van der Waals surface area contributed by atoms with Crippen molar-refractivity contribution in [3.8, 4) is 22.7 Å². The van der Waals surface area contributed by atoms with Crippen LogP contribution in [0.5, 0.6) is 5.75 Å². The first-order valence-electron chi connectivity index (χ1n) is 10.9. The van der Waals surface area contributed by atoms with Crippen molar-refractivity contribution < 1.29 is 45.1 Å². The number of pyridine rings is 1. The topological polar surface area (TPSA) is 98.1 Å². The highest BCUT2D eigenvalue weighted by Crippen LogP contribution is 2.33. The predicted octanol–water partition coefficient (Wildman–Crippen LogP) is 4.35. The number of nitrogens with one attached hydrogen (secondary N) is 2. The minimum Gasteiger partial charge on any atom is -0.484 e. The molecule has 2 N–H and O–H groups in total. The molecule has 3 heterocycles. The van der Waals surface area contributed by atoms with Crippen molar-refractivity contribution in [2.75, 3.05) is 18.5 Å². The lowest BCUT2D eigenvalue weighted by molar-refractivity contribution is -0.153. The zero-order chi connectivity index (χ0) is 27.8. The number of benzene rings is 1. The Bertz CT molecular complexity index is 1370. The van der Waals surface area contributed by atoms with E-state index in [0.29, 0.717) is 18.3 Å². The van der Waals surface area contributed by atoms with Crippen molar-refractivity contribution in [3.05, 3.63) is 54.1 Å². The van der Waals surface area contributed by atoms with Crippen LogP contribution in [0.2, 0.25) is 0 Å². The Morgan fingerprint density at radius 3 is 2.50 bits per heavy atom. The molecular formula is C23H18F7N5O3. The molecule has 0 aliphatic carbocycles. The molecule has 0 bridgehead atoms. The molecule has 1 fully saturated rings. The van der Waals surface area contributed by atoms with E-state index in [1.807, 2.05) is 0 Å². The third kappa shape index (κ3) is 6.03. The molecule has 2 amide bonds. The second-order valence-corrected chi connectivity index (χ2v) is 8.47. The van der Waals surface area contributed by atoms with Crippen molar-refractivity contribution in [3.63, 3.8) is 0 Å². The molecule has 1 aromatic carbocycles. The van der Waals surface area contributed by atoms with Gasteiger partial charge in [0.1, 0.15) is 11.6 Å². The number of hydrogen-bond donors (Lipinski definition) is 2. The van der Waals surface area contributed by atoms with E-state index in [1.165, 1.54) is 6.07 Å². The highest BCUT2D eigenvalue weighted by molar-refractivity contribution is 5.98. The molecule has 4 rings (SSSR count). The summed E-state index contributed by atoms with van der Waals surface area (Å²) in [7, 11) is 0. The van der Waals surface area contributed by atoms with Gasteiger partial charge in [-0.25, -0.2) is 9.07 Å². The predicted molar refractivity (Wildman–Crippen MR) is 118 cm³/mol. The van der Waals surface area contributed by atoms with E-state index < -0.39 is 53.8 Å². The average molecular weight is 545 g/mol. The van der Waals surface area contributed by atoms with Gasteiger partial charge in [-0.2, -0.15) is 26.3 Å². The Labute approximate surface area is 209 Å². The lowest BCUT2D eigenvalue weighted by Crippen LogP contribution is -2.28. The summed E-state index contributed by atoms with van der Waals surface area (Å²) < 4.78 is 97.5. The zero-order valence-electron chi connectivity index (χ0n) is 19.3. The van der Waals surface area contributed by atoms with Crippen LogP contribution < -0.4 is 15.4 Å². The minimum absolute atomic E-state index is 0.0563. The second kappa shape index (κ2) is 9.95. The van der Waals surface area contributed by atoms with E-state index in [4.69, 9.17) is 0 Å². The van der Waals surface area contributed by atoms with Crippen LogP contribution in [0.15, 0.2) is 42.7 Å². The summed E-state index contributed by atoms with van der Waals surface area (Å²) in [6.07, 6.45) is -7.86. The monoisotopic (exact) mass is 545 g/mol. The molecule has 8 nitrogen and oxygen atoms in total. The third-order valence-corrected chi connectivity index (χ3v) is 5.68. The molecule has 1 aliphatic heterocycles. The van der Waals surface area contributed by atoms with E-state index in [-0.39, 0.29) is 35.2 Å². The molecule has 3 aromatic rings. The van der Waals surface area contributed by atoms with Crippen LogP contribution in [0, 0.1) is 17.7 Å². The molecule has 2 aromatic heterocycles. The largest absolute Gasteiger partial charge is 0.484 e. The van der Waals surface area contributed by atoms with Crippen LogP contribution in [0.3, 0.4) is 0 Å². The zero-order valence-corrected chi connectivity index (χ0v) is 19.3.